The Kier molecular flexibility index (Phi) is 7.31. The molecule has 0 aliphatic carbocycles. The number of benzene rings is 1. The summed E-state index contributed by atoms with van der Waals surface area (Å²) in [6, 6.07) is 6.57. The Morgan fingerprint density at radius 1 is 1.17 bits per heavy atom. The summed E-state index contributed by atoms with van der Waals surface area (Å²) in [5, 5.41) is 0.904. The van der Waals surface area contributed by atoms with Crippen LogP contribution in [0.25, 0.3) is 0 Å². The van der Waals surface area contributed by atoms with E-state index >= 15 is 0 Å². The third kappa shape index (κ3) is 4.27. The first-order valence-electron chi connectivity index (χ1n) is 6.75. The second-order valence-corrected chi connectivity index (χ2v) is 6.10. The van der Waals surface area contributed by atoms with E-state index in [-0.39, 0.29) is 0 Å². The number of hydrogen-bond donors (Lipinski definition) is 0. The lowest BCUT2D eigenvalue weighted by molar-refractivity contribution is 0.486. The fraction of sp³-hybridized carbons (Fsp3) is 0.600. The molecule has 1 rings (SSSR count). The Balaban J connectivity index is 2.93. The minimum atomic E-state index is 0.789. The quantitative estimate of drug-likeness (QED) is 0.559. The monoisotopic (exact) mass is 375 g/mol. The zero-order valence-electron chi connectivity index (χ0n) is 11.5. The Labute approximate surface area is 128 Å². The molecule has 0 aliphatic heterocycles. The fourth-order valence-corrected chi connectivity index (χ4v) is 3.08. The smallest absolute Gasteiger partial charge is 0.0408 e. The van der Waals surface area contributed by atoms with Crippen molar-refractivity contribution in [2.45, 2.75) is 38.9 Å². The zero-order valence-corrected chi connectivity index (χ0v) is 14.7. The van der Waals surface area contributed by atoms with Crippen LogP contribution in [-0.4, -0.2) is 13.1 Å². The van der Waals surface area contributed by atoms with E-state index in [4.69, 9.17) is 0 Å². The third-order valence-electron chi connectivity index (χ3n) is 3.54. The first-order valence-corrected chi connectivity index (χ1v) is 8.66. The van der Waals surface area contributed by atoms with Crippen molar-refractivity contribution in [2.75, 3.05) is 18.0 Å². The molecule has 0 aliphatic rings. The normalized spacial score (nSPS) is 11.0. The molecule has 0 fully saturated rings. The predicted molar refractivity (Wildman–Crippen MR) is 88.7 cm³/mol. The lowest BCUT2D eigenvalue weighted by Gasteiger charge is -2.29. The lowest BCUT2D eigenvalue weighted by Crippen LogP contribution is -2.29. The van der Waals surface area contributed by atoms with Crippen molar-refractivity contribution in [3.05, 3.63) is 28.2 Å². The van der Waals surface area contributed by atoms with Crippen LogP contribution in [0.2, 0.25) is 0 Å². The second kappa shape index (κ2) is 8.21. The van der Waals surface area contributed by atoms with Crippen LogP contribution >= 0.6 is 31.9 Å². The third-order valence-corrected chi connectivity index (χ3v) is 4.64. The molecule has 1 aromatic carbocycles. The predicted octanol–water partition coefficient (Wildman–Crippen LogP) is 5.61. The molecule has 0 spiro atoms. The zero-order chi connectivity index (χ0) is 13.5. The average molecular weight is 377 g/mol. The van der Waals surface area contributed by atoms with E-state index in [1.54, 1.807) is 0 Å². The van der Waals surface area contributed by atoms with E-state index in [0.717, 1.165) is 28.8 Å². The van der Waals surface area contributed by atoms with Gasteiger partial charge in [-0.3, -0.25) is 0 Å². The highest BCUT2D eigenvalue weighted by Gasteiger charge is 2.13. The Bertz CT molecular complexity index is 362. The van der Waals surface area contributed by atoms with Gasteiger partial charge in [-0.25, -0.2) is 0 Å². The summed E-state index contributed by atoms with van der Waals surface area (Å²) in [7, 11) is 0. The van der Waals surface area contributed by atoms with E-state index in [9.17, 15) is 0 Å². The molecule has 0 atom stereocenters. The summed E-state index contributed by atoms with van der Waals surface area (Å²) < 4.78 is 1.15. The van der Waals surface area contributed by atoms with Gasteiger partial charge in [0, 0.05) is 28.6 Å². The molecule has 1 nitrogen and oxygen atoms in total. The Hall–Kier alpha value is -0.0200. The molecule has 0 unspecified atom stereocenters. The van der Waals surface area contributed by atoms with Crippen LogP contribution in [0.3, 0.4) is 0 Å². The maximum atomic E-state index is 3.59. The van der Waals surface area contributed by atoms with Crippen LogP contribution in [-0.2, 0) is 5.33 Å². The minimum absolute atomic E-state index is 0.789. The largest absolute Gasteiger partial charge is 0.371 e. The first kappa shape index (κ1) is 16.0. The van der Waals surface area contributed by atoms with Gasteiger partial charge in [0.25, 0.3) is 0 Å². The molecule has 3 heteroatoms. The topological polar surface area (TPSA) is 3.24 Å². The molecule has 18 heavy (non-hydrogen) atoms. The van der Waals surface area contributed by atoms with Gasteiger partial charge in [-0.1, -0.05) is 58.5 Å². The van der Waals surface area contributed by atoms with Crippen LogP contribution in [0.1, 0.15) is 39.2 Å². The van der Waals surface area contributed by atoms with Gasteiger partial charge in [0.2, 0.25) is 0 Å². The second-order valence-electron chi connectivity index (χ2n) is 4.63. The standard InChI is InChI=1S/C15H23Br2N/c1-4-12(5-2)11-18(6-3)15-8-7-14(17)9-13(15)10-16/h7-9,12H,4-6,10-11H2,1-3H3. The van der Waals surface area contributed by atoms with E-state index in [2.05, 4.69) is 75.7 Å². The SMILES string of the molecule is CCC(CC)CN(CC)c1ccc(Br)cc1CBr. The molecule has 0 radical (unpaired) electrons. The maximum Gasteiger partial charge on any atom is 0.0408 e. The van der Waals surface area contributed by atoms with Crippen molar-refractivity contribution in [3.63, 3.8) is 0 Å². The number of halogens is 2. The highest BCUT2D eigenvalue weighted by molar-refractivity contribution is 9.10. The Morgan fingerprint density at radius 2 is 1.83 bits per heavy atom. The van der Waals surface area contributed by atoms with Crippen molar-refractivity contribution in [1.29, 1.82) is 0 Å². The summed E-state index contributed by atoms with van der Waals surface area (Å²) in [6.07, 6.45) is 2.51. The number of anilines is 1. The van der Waals surface area contributed by atoms with E-state index in [1.165, 1.54) is 24.1 Å². The molecule has 0 heterocycles. The van der Waals surface area contributed by atoms with Crippen LogP contribution in [0.4, 0.5) is 5.69 Å². The van der Waals surface area contributed by atoms with Gasteiger partial charge in [-0.15, -0.1) is 0 Å². The van der Waals surface area contributed by atoms with Crippen LogP contribution in [0, 0.1) is 5.92 Å². The average Bonchev–Trinajstić information content (AvgIpc) is 2.41. The Morgan fingerprint density at radius 3 is 2.33 bits per heavy atom. The number of nitrogens with zero attached hydrogens (tertiary/aromatic N) is 1. The van der Waals surface area contributed by atoms with Crippen molar-refractivity contribution in [2.24, 2.45) is 5.92 Å². The molecule has 1 aromatic rings. The van der Waals surface area contributed by atoms with Crippen molar-refractivity contribution >= 4 is 37.5 Å². The molecule has 102 valence electrons. The molecule has 0 saturated carbocycles. The lowest BCUT2D eigenvalue weighted by atomic mass is 10.0. The summed E-state index contributed by atoms with van der Waals surface area (Å²) >= 11 is 7.14. The summed E-state index contributed by atoms with van der Waals surface area (Å²) in [6.45, 7) is 9.04. The summed E-state index contributed by atoms with van der Waals surface area (Å²) in [4.78, 5) is 2.50. The molecule has 0 amide bonds. The molecular weight excluding hydrogens is 354 g/mol. The van der Waals surface area contributed by atoms with Gasteiger partial charge < -0.3 is 4.90 Å². The van der Waals surface area contributed by atoms with E-state index < -0.39 is 0 Å². The highest BCUT2D eigenvalue weighted by atomic mass is 79.9. The van der Waals surface area contributed by atoms with Gasteiger partial charge in [0.05, 0.1) is 0 Å². The summed E-state index contributed by atoms with van der Waals surface area (Å²) in [5.41, 5.74) is 2.72. The number of hydrogen-bond acceptors (Lipinski definition) is 1. The van der Waals surface area contributed by atoms with Gasteiger partial charge in [0.15, 0.2) is 0 Å². The molecule has 0 N–H and O–H groups in total. The van der Waals surface area contributed by atoms with Crippen LogP contribution < -0.4 is 4.90 Å². The molecular formula is C15H23Br2N. The molecule has 0 bridgehead atoms. The minimum Gasteiger partial charge on any atom is -0.371 e. The van der Waals surface area contributed by atoms with Crippen molar-refractivity contribution in [1.82, 2.24) is 0 Å². The van der Waals surface area contributed by atoms with Gasteiger partial charge in [0.1, 0.15) is 0 Å². The first-order chi connectivity index (χ1) is 8.65. The van der Waals surface area contributed by atoms with E-state index in [0.29, 0.717) is 0 Å². The van der Waals surface area contributed by atoms with Gasteiger partial charge in [-0.2, -0.15) is 0 Å². The van der Waals surface area contributed by atoms with Crippen molar-refractivity contribution < 1.29 is 0 Å². The number of rotatable bonds is 7. The maximum absolute atomic E-state index is 3.59. The van der Waals surface area contributed by atoms with Gasteiger partial charge in [-0.05, 0) is 36.6 Å². The van der Waals surface area contributed by atoms with Gasteiger partial charge >= 0.3 is 0 Å². The fourth-order valence-electron chi connectivity index (χ4n) is 2.23. The molecule has 0 saturated heterocycles. The molecule has 0 aromatic heterocycles. The van der Waals surface area contributed by atoms with Crippen LogP contribution in [0.5, 0.6) is 0 Å². The number of alkyl halides is 1. The van der Waals surface area contributed by atoms with Crippen molar-refractivity contribution in [3.8, 4) is 0 Å². The highest BCUT2D eigenvalue weighted by Crippen LogP contribution is 2.27. The van der Waals surface area contributed by atoms with E-state index in [1.807, 2.05) is 0 Å². The summed E-state index contributed by atoms with van der Waals surface area (Å²) in [5.74, 6) is 0.789. The van der Waals surface area contributed by atoms with Crippen LogP contribution in [0.15, 0.2) is 22.7 Å².